The molecule has 3 amide bonds. The van der Waals surface area contributed by atoms with E-state index >= 15 is 0 Å². The van der Waals surface area contributed by atoms with Gasteiger partial charge in [-0.2, -0.15) is 8.42 Å². The number of aromatic nitrogens is 2. The smallest absolute Gasteiger partial charge is 0.325 e. The number of halogens is 2. The monoisotopic (exact) mass is 598 g/mol. The molecule has 1 atom stereocenters. The maximum Gasteiger partial charge on any atom is 0.330 e. The molecule has 2 aliphatic rings. The molecule has 1 aliphatic heterocycles. The average molecular weight is 599 g/mol. The predicted octanol–water partition coefficient (Wildman–Crippen LogP) is 3.64. The number of carbonyl (C=O) groups excluding carboxylic acids is 2. The first kappa shape index (κ1) is 27.0. The lowest BCUT2D eigenvalue weighted by Crippen LogP contribution is -2.54. The van der Waals surface area contributed by atoms with Gasteiger partial charge in [0.1, 0.15) is 23.5 Å². The SMILES string of the molecule is CN(C(=O)[C@H](Cc1cc(F)cc(F)c1)NC(=O)NS(=O)(=O)N1CC2(CC2)c2cccnc21)c1ccc2scnc2c1. The molecule has 14 heteroatoms. The Hall–Kier alpha value is -4.17. The van der Waals surface area contributed by atoms with Crippen molar-refractivity contribution in [2.45, 2.75) is 30.7 Å². The van der Waals surface area contributed by atoms with E-state index in [1.807, 2.05) is 10.8 Å². The molecule has 1 fully saturated rings. The summed E-state index contributed by atoms with van der Waals surface area (Å²) in [7, 11) is -2.92. The molecule has 4 aromatic rings. The number of nitrogens with one attached hydrogen (secondary N) is 2. The standard InChI is InChI=1S/C27H24F2N6O4S2/c1-34(19-4-5-23-21(13-19)31-15-40-23)25(36)22(11-16-9-17(28)12-18(29)10-16)32-26(37)33-41(38,39)35-14-27(6-7-27)20-3-2-8-30-24(20)35/h2-5,8-10,12-13,15,22H,6-7,11,14H2,1H3,(H2,32,33,37)/t22-/m0/s1. The highest BCUT2D eigenvalue weighted by Crippen LogP contribution is 2.56. The molecule has 41 heavy (non-hydrogen) atoms. The maximum atomic E-state index is 13.9. The van der Waals surface area contributed by atoms with Crippen molar-refractivity contribution >= 4 is 55.2 Å². The summed E-state index contributed by atoms with van der Waals surface area (Å²) in [6, 6.07) is 9.00. The Balaban J connectivity index is 1.24. The number of fused-ring (bicyclic) bond motifs is 3. The molecule has 2 N–H and O–H groups in total. The van der Waals surface area contributed by atoms with Crippen LogP contribution in [0.1, 0.15) is 24.0 Å². The number of amides is 3. The molecule has 0 unspecified atom stereocenters. The highest BCUT2D eigenvalue weighted by molar-refractivity contribution is 7.91. The number of pyridine rings is 1. The summed E-state index contributed by atoms with van der Waals surface area (Å²) in [4.78, 5) is 36.4. The van der Waals surface area contributed by atoms with Crippen LogP contribution < -0.4 is 19.2 Å². The zero-order chi connectivity index (χ0) is 28.9. The highest BCUT2D eigenvalue weighted by atomic mass is 32.2. The van der Waals surface area contributed by atoms with Gasteiger partial charge in [-0.1, -0.05) is 6.07 Å². The van der Waals surface area contributed by atoms with Crippen LogP contribution in [0.25, 0.3) is 10.2 Å². The quantitative estimate of drug-likeness (QED) is 0.335. The molecule has 3 heterocycles. The van der Waals surface area contributed by atoms with Gasteiger partial charge in [0.25, 0.3) is 0 Å². The second-order valence-electron chi connectivity index (χ2n) is 10.2. The molecule has 212 valence electrons. The van der Waals surface area contributed by atoms with Gasteiger partial charge in [0, 0.05) is 48.9 Å². The normalized spacial score (nSPS) is 15.9. The Morgan fingerprint density at radius 1 is 1.12 bits per heavy atom. The van der Waals surface area contributed by atoms with Crippen molar-refractivity contribution < 1.29 is 26.8 Å². The zero-order valence-corrected chi connectivity index (χ0v) is 23.3. The summed E-state index contributed by atoms with van der Waals surface area (Å²) in [5, 5.41) is 2.40. The molecular weight excluding hydrogens is 574 g/mol. The van der Waals surface area contributed by atoms with E-state index in [1.54, 1.807) is 29.8 Å². The Kier molecular flexibility index (Phi) is 6.61. The van der Waals surface area contributed by atoms with Gasteiger partial charge in [0.2, 0.25) is 5.91 Å². The number of carbonyl (C=O) groups is 2. The first-order valence-corrected chi connectivity index (χ1v) is 15.0. The van der Waals surface area contributed by atoms with Gasteiger partial charge < -0.3 is 10.2 Å². The molecule has 10 nitrogen and oxygen atoms in total. The van der Waals surface area contributed by atoms with Gasteiger partial charge in [-0.3, -0.25) is 4.79 Å². The fourth-order valence-electron chi connectivity index (χ4n) is 5.16. The minimum absolute atomic E-state index is 0.0979. The van der Waals surface area contributed by atoms with Crippen molar-refractivity contribution in [3.8, 4) is 0 Å². The fraction of sp³-hybridized carbons (Fsp3) is 0.259. The zero-order valence-electron chi connectivity index (χ0n) is 21.7. The molecule has 2 aromatic heterocycles. The van der Waals surface area contributed by atoms with Crippen LogP contribution in [0, 0.1) is 11.6 Å². The molecule has 1 spiro atoms. The second-order valence-corrected chi connectivity index (χ2v) is 12.7. The van der Waals surface area contributed by atoms with Crippen LogP contribution in [-0.2, 0) is 26.8 Å². The Bertz CT molecular complexity index is 1770. The van der Waals surface area contributed by atoms with Gasteiger partial charge in [0.15, 0.2) is 0 Å². The molecular formula is C27H24F2N6O4S2. The van der Waals surface area contributed by atoms with Gasteiger partial charge >= 0.3 is 16.2 Å². The van der Waals surface area contributed by atoms with Crippen molar-refractivity contribution in [1.82, 2.24) is 20.0 Å². The fourth-order valence-corrected chi connectivity index (χ4v) is 7.01. The van der Waals surface area contributed by atoms with Crippen LogP contribution >= 0.6 is 11.3 Å². The van der Waals surface area contributed by atoms with Crippen molar-refractivity contribution in [2.24, 2.45) is 0 Å². The first-order chi connectivity index (χ1) is 19.5. The van der Waals surface area contributed by atoms with E-state index in [4.69, 9.17) is 0 Å². The van der Waals surface area contributed by atoms with Gasteiger partial charge in [-0.15, -0.1) is 11.3 Å². The number of nitrogens with zero attached hydrogens (tertiary/aromatic N) is 4. The predicted molar refractivity (Wildman–Crippen MR) is 150 cm³/mol. The number of benzene rings is 2. The minimum atomic E-state index is -4.39. The number of likely N-dealkylation sites (N-methyl/N-ethyl adjacent to an activating group) is 1. The van der Waals surface area contributed by atoms with E-state index in [-0.39, 0.29) is 29.8 Å². The van der Waals surface area contributed by atoms with Gasteiger partial charge in [-0.25, -0.2) is 32.6 Å². The van der Waals surface area contributed by atoms with E-state index in [1.165, 1.54) is 29.5 Å². The highest BCUT2D eigenvalue weighted by Gasteiger charge is 2.55. The summed E-state index contributed by atoms with van der Waals surface area (Å²) >= 11 is 1.43. The largest absolute Gasteiger partial charge is 0.330 e. The van der Waals surface area contributed by atoms with Crippen molar-refractivity contribution in [2.75, 3.05) is 22.8 Å². The number of hydrogen-bond acceptors (Lipinski definition) is 7. The van der Waals surface area contributed by atoms with Crippen LogP contribution in [0.2, 0.25) is 0 Å². The van der Waals surface area contributed by atoms with Crippen LogP contribution in [0.5, 0.6) is 0 Å². The van der Waals surface area contributed by atoms with Gasteiger partial charge in [0.05, 0.1) is 15.7 Å². The summed E-state index contributed by atoms with van der Waals surface area (Å²) in [5.74, 6) is -2.09. The van der Waals surface area contributed by atoms with Crippen molar-refractivity contribution in [3.05, 3.63) is 83.0 Å². The summed E-state index contributed by atoms with van der Waals surface area (Å²) < 4.78 is 58.4. The number of rotatable bonds is 7. The van der Waals surface area contributed by atoms with Crippen LogP contribution in [-0.4, -0.2) is 50.0 Å². The lowest BCUT2D eigenvalue weighted by molar-refractivity contribution is -0.120. The van der Waals surface area contributed by atoms with Crippen molar-refractivity contribution in [1.29, 1.82) is 0 Å². The molecule has 6 rings (SSSR count). The lowest BCUT2D eigenvalue weighted by atomic mass is 10.0. The number of thiazole rings is 1. The third-order valence-electron chi connectivity index (χ3n) is 7.40. The van der Waals surface area contributed by atoms with Crippen LogP contribution in [0.15, 0.2) is 60.2 Å². The minimum Gasteiger partial charge on any atom is -0.325 e. The maximum absolute atomic E-state index is 13.9. The number of hydrogen-bond donors (Lipinski definition) is 2. The topological polar surface area (TPSA) is 125 Å². The molecule has 0 radical (unpaired) electrons. The van der Waals surface area contributed by atoms with E-state index < -0.39 is 39.8 Å². The molecule has 0 saturated heterocycles. The summed E-state index contributed by atoms with van der Waals surface area (Å²) in [6.07, 6.45) is 2.79. The molecule has 2 aromatic carbocycles. The third kappa shape index (κ3) is 5.20. The Labute approximate surface area is 238 Å². The summed E-state index contributed by atoms with van der Waals surface area (Å²) in [6.45, 7) is 0.148. The lowest BCUT2D eigenvalue weighted by Gasteiger charge is -2.26. The van der Waals surface area contributed by atoms with E-state index in [9.17, 15) is 26.8 Å². The van der Waals surface area contributed by atoms with Gasteiger partial charge in [-0.05, 0) is 54.8 Å². The summed E-state index contributed by atoms with van der Waals surface area (Å²) in [5.41, 5.74) is 3.40. The Morgan fingerprint density at radius 3 is 2.61 bits per heavy atom. The molecule has 1 saturated carbocycles. The molecule has 1 aliphatic carbocycles. The van der Waals surface area contributed by atoms with E-state index in [2.05, 4.69) is 15.3 Å². The molecule has 0 bridgehead atoms. The van der Waals surface area contributed by atoms with E-state index in [0.717, 1.165) is 39.5 Å². The third-order valence-corrected chi connectivity index (χ3v) is 9.54. The van der Waals surface area contributed by atoms with Crippen LogP contribution in [0.3, 0.4) is 0 Å². The van der Waals surface area contributed by atoms with E-state index in [0.29, 0.717) is 17.3 Å². The Morgan fingerprint density at radius 2 is 1.88 bits per heavy atom. The first-order valence-electron chi connectivity index (χ1n) is 12.7. The average Bonchev–Trinajstić information content (AvgIpc) is 3.41. The number of anilines is 2. The number of urea groups is 1. The van der Waals surface area contributed by atoms with Crippen LogP contribution in [0.4, 0.5) is 25.1 Å². The second kappa shape index (κ2) is 10.0. The van der Waals surface area contributed by atoms with Crippen molar-refractivity contribution in [3.63, 3.8) is 0 Å².